The van der Waals surface area contributed by atoms with Gasteiger partial charge in [0.15, 0.2) is 1.41 Å². The van der Waals surface area contributed by atoms with Crippen LogP contribution in [0.4, 0.5) is 10.5 Å². The molecular weight excluding hydrogens is 634 g/mol. The normalized spacial score (nSPS) is 18.3. The molecule has 260 valence electrons. The van der Waals surface area contributed by atoms with Crippen LogP contribution in [0.1, 0.15) is 88.5 Å². The van der Waals surface area contributed by atoms with Gasteiger partial charge in [-0.3, -0.25) is 14.9 Å². The number of hydrogen-bond acceptors (Lipinski definition) is 7. The smallest absolute Gasteiger partial charge is 0.410 e. The molecule has 2 saturated heterocycles. The minimum Gasteiger partial charge on any atom is -0.507 e. The summed E-state index contributed by atoms with van der Waals surface area (Å²) < 4.78 is 17.8. The standard InChI is InChI=1S/C17H24N2O4.C15H19NO2.C2H7P.CH4NP/c1-11-8-15(16(19(21)22)9-12(11)2)10-23-17(20)18-13(3)6-5-7-14(18)4;1-12-5-6-13(14(17)11-12)7-8-15(18)16-9-3-2-4-10-16;1-2-3;2-1-3/h8-9,13-14H,5-7,10H2,1-4H3;5-8,11,17H,2-4,9-10H2,1H3;2-3H2,1H3;1-2H,3H2/b;8-7+;;/i;;;1D/hD. The minimum absolute atomic E-state index is 0.000594. The molecule has 0 bridgehead atoms. The molecule has 4 unspecified atom stereocenters. The van der Waals surface area contributed by atoms with Crippen molar-refractivity contribution in [2.24, 2.45) is 0 Å². The van der Waals surface area contributed by atoms with E-state index in [1.54, 1.807) is 29.2 Å². The summed E-state index contributed by atoms with van der Waals surface area (Å²) >= 11 is 0. The van der Waals surface area contributed by atoms with Crippen molar-refractivity contribution in [1.82, 2.24) is 9.80 Å². The number of likely N-dealkylation sites (tertiary alicyclic amines) is 2. The molecule has 2 aliphatic heterocycles. The second-order valence-corrected chi connectivity index (χ2v) is 12.8. The average Bonchev–Trinajstić information content (AvgIpc) is 3.05. The average molecular weight is 691 g/mol. The van der Waals surface area contributed by atoms with Crippen LogP contribution in [0.3, 0.4) is 0 Å². The first-order valence-corrected chi connectivity index (χ1v) is 17.5. The zero-order valence-electron chi connectivity index (χ0n) is 30.7. The number of nitrogens with one attached hydrogen (secondary N) is 1. The van der Waals surface area contributed by atoms with Gasteiger partial charge in [-0.05, 0) is 114 Å². The maximum atomic E-state index is 12.4. The van der Waals surface area contributed by atoms with E-state index in [9.17, 15) is 24.8 Å². The number of phenolic OH excluding ortho intramolecular Hbond substituents is 1. The van der Waals surface area contributed by atoms with Gasteiger partial charge in [-0.25, -0.2) is 4.79 Å². The van der Waals surface area contributed by atoms with E-state index >= 15 is 0 Å². The number of piperidine rings is 2. The predicted octanol–water partition coefficient (Wildman–Crippen LogP) is 8.19. The molecule has 12 heteroatoms. The SMILES string of the molecule is CCP.Cc1cc(COC(=O)N2C(C)CCCC2C)c([N+](=O)[O-])cc1C.Cc1ccc(/C=C/C(=O)N2CCCCC2)c(O)c1.[2H]N=C([2H])P. The van der Waals surface area contributed by atoms with Gasteiger partial charge in [0.05, 0.1) is 11.9 Å². The van der Waals surface area contributed by atoms with Gasteiger partial charge in [0.2, 0.25) is 5.91 Å². The molecule has 0 aromatic heterocycles. The molecule has 0 radical (unpaired) electrons. The maximum Gasteiger partial charge on any atom is 0.410 e. The van der Waals surface area contributed by atoms with E-state index in [-0.39, 0.29) is 42.0 Å². The molecule has 2 heterocycles. The Labute approximate surface area is 288 Å². The van der Waals surface area contributed by atoms with Gasteiger partial charge in [-0.15, -0.1) is 9.24 Å². The van der Waals surface area contributed by atoms with Crippen LogP contribution >= 0.6 is 18.5 Å². The number of amides is 2. The van der Waals surface area contributed by atoms with E-state index in [2.05, 4.69) is 21.6 Å². The molecule has 2 N–H and O–H groups in total. The minimum atomic E-state index is -0.429. The van der Waals surface area contributed by atoms with Crippen molar-refractivity contribution in [2.45, 2.75) is 98.8 Å². The molecule has 4 rings (SSSR count). The topological polar surface area (TPSA) is 137 Å². The van der Waals surface area contributed by atoms with Crippen molar-refractivity contribution in [3.05, 3.63) is 74.3 Å². The summed E-state index contributed by atoms with van der Waals surface area (Å²) in [5.41, 5.74) is 3.92. The molecule has 4 atom stereocenters. The van der Waals surface area contributed by atoms with Gasteiger partial charge in [-0.1, -0.05) is 28.3 Å². The first-order chi connectivity index (χ1) is 23.2. The molecule has 10 nitrogen and oxygen atoms in total. The Morgan fingerprint density at radius 3 is 2.21 bits per heavy atom. The Bertz CT molecular complexity index is 1420. The summed E-state index contributed by atoms with van der Waals surface area (Å²) in [5.74, 6) is 0.220. The van der Waals surface area contributed by atoms with Gasteiger partial charge in [0.25, 0.3) is 5.69 Å². The van der Waals surface area contributed by atoms with Crippen molar-refractivity contribution in [1.29, 1.82) is 5.40 Å². The van der Waals surface area contributed by atoms with E-state index in [0.717, 1.165) is 61.9 Å². The molecule has 2 amide bonds. The Balaban J connectivity index is 0.000000409. The number of nitrogens with zero attached hydrogens (tertiary/aromatic N) is 3. The van der Waals surface area contributed by atoms with Crippen LogP contribution in [0.5, 0.6) is 5.75 Å². The lowest BCUT2D eigenvalue weighted by Crippen LogP contribution is -2.47. The number of carbonyl (C=O) groups excluding carboxylic acids is 2. The number of rotatable bonds is 5. The van der Waals surface area contributed by atoms with Crippen molar-refractivity contribution in [3.63, 3.8) is 0 Å². The third-order valence-corrected chi connectivity index (χ3v) is 7.91. The lowest BCUT2D eigenvalue weighted by Gasteiger charge is -2.37. The number of carbonyl (C=O) groups is 2. The van der Waals surface area contributed by atoms with E-state index in [0.29, 0.717) is 11.1 Å². The summed E-state index contributed by atoms with van der Waals surface area (Å²) in [4.78, 5) is 38.6. The summed E-state index contributed by atoms with van der Waals surface area (Å²) in [6.45, 7) is 13.4. The Morgan fingerprint density at radius 2 is 1.68 bits per heavy atom. The second-order valence-electron chi connectivity index (χ2n) is 11.7. The van der Waals surface area contributed by atoms with Gasteiger partial charge >= 0.3 is 6.09 Å². The fourth-order valence-electron chi connectivity index (χ4n) is 5.32. The Hall–Kier alpha value is -3.35. The first kappa shape index (κ1) is 38.1. The Kier molecular flexibility index (Phi) is 18.0. The van der Waals surface area contributed by atoms with E-state index < -0.39 is 11.0 Å². The van der Waals surface area contributed by atoms with Gasteiger partial charge in [-0.2, -0.15) is 0 Å². The number of nitro benzene ring substituents is 1. The lowest BCUT2D eigenvalue weighted by molar-refractivity contribution is -0.385. The quantitative estimate of drug-likeness (QED) is 0.107. The number of benzene rings is 2. The van der Waals surface area contributed by atoms with Crippen molar-refractivity contribution < 1.29 is 27.1 Å². The third kappa shape index (κ3) is 14.5. The number of aromatic hydroxyl groups is 1. The highest BCUT2D eigenvalue weighted by atomic mass is 31.0. The van der Waals surface area contributed by atoms with Crippen LogP contribution < -0.4 is 0 Å². The molecule has 0 saturated carbocycles. The van der Waals surface area contributed by atoms with Gasteiger partial charge in [0.1, 0.15) is 12.4 Å². The second kappa shape index (κ2) is 22.3. The molecule has 2 aliphatic rings. The summed E-state index contributed by atoms with van der Waals surface area (Å²) in [5, 5.41) is 23.6. The number of phenols is 1. The zero-order chi connectivity index (χ0) is 37.1. The molecule has 2 aromatic carbocycles. The summed E-state index contributed by atoms with van der Waals surface area (Å²) in [6.07, 6.45) is 10.4. The summed E-state index contributed by atoms with van der Waals surface area (Å²) in [7, 11) is 4.54. The van der Waals surface area contributed by atoms with Crippen LogP contribution in [0.25, 0.3) is 6.08 Å². The van der Waals surface area contributed by atoms with Crippen LogP contribution in [0, 0.1) is 36.3 Å². The molecule has 2 aromatic rings. The highest BCUT2D eigenvalue weighted by molar-refractivity contribution is 7.36. The maximum absolute atomic E-state index is 12.4. The van der Waals surface area contributed by atoms with Crippen molar-refractivity contribution >= 4 is 48.2 Å². The molecular formula is C35H54N4O6P2. The molecule has 47 heavy (non-hydrogen) atoms. The Morgan fingerprint density at radius 1 is 1.11 bits per heavy atom. The molecule has 0 aliphatic carbocycles. The fraction of sp³-hybridized carbons (Fsp3) is 0.514. The van der Waals surface area contributed by atoms with Gasteiger partial charge in [0, 0.05) is 48.8 Å². The largest absolute Gasteiger partial charge is 0.507 e. The lowest BCUT2D eigenvalue weighted by atomic mass is 9.98. The number of aryl methyl sites for hydroxylation is 3. The number of ether oxygens (including phenoxy) is 1. The number of hydrogen-bond donors (Lipinski definition) is 2. The summed E-state index contributed by atoms with van der Waals surface area (Å²) in [6, 6.07) is 8.98. The van der Waals surface area contributed by atoms with Crippen LogP contribution in [0.2, 0.25) is 1.41 Å². The van der Waals surface area contributed by atoms with Crippen LogP contribution in [0.15, 0.2) is 36.4 Å². The molecule has 2 fully saturated rings. The van der Waals surface area contributed by atoms with E-state index in [1.807, 2.05) is 60.9 Å². The van der Waals surface area contributed by atoms with Crippen LogP contribution in [-0.2, 0) is 16.1 Å². The highest BCUT2D eigenvalue weighted by Gasteiger charge is 2.30. The predicted molar refractivity (Wildman–Crippen MR) is 198 cm³/mol. The van der Waals surface area contributed by atoms with E-state index in [4.69, 9.17) is 7.52 Å². The van der Waals surface area contributed by atoms with Gasteiger partial charge < -0.3 is 25.0 Å². The highest BCUT2D eigenvalue weighted by Crippen LogP contribution is 2.26. The number of nitro groups is 1. The van der Waals surface area contributed by atoms with Crippen molar-refractivity contribution in [3.8, 4) is 5.75 Å². The molecule has 0 spiro atoms. The monoisotopic (exact) mass is 690 g/mol. The van der Waals surface area contributed by atoms with Crippen molar-refractivity contribution in [2.75, 3.05) is 19.3 Å². The van der Waals surface area contributed by atoms with Crippen LogP contribution in [-0.4, -0.2) is 69.1 Å². The fourth-order valence-corrected chi connectivity index (χ4v) is 5.32. The van der Waals surface area contributed by atoms with E-state index in [1.165, 1.54) is 18.6 Å². The zero-order valence-corrected chi connectivity index (χ0v) is 31.0. The first-order valence-electron chi connectivity index (χ1n) is 17.0. The third-order valence-electron chi connectivity index (χ3n) is 7.91.